The summed E-state index contributed by atoms with van der Waals surface area (Å²) in [5.41, 5.74) is 1.57. The van der Waals surface area contributed by atoms with Crippen LogP contribution in [0.3, 0.4) is 0 Å². The number of sulfone groups is 1. The molecule has 0 unspecified atom stereocenters. The molecular weight excluding hydrogens is 633 g/mol. The number of fused-ring (bicyclic) bond motifs is 1. The van der Waals surface area contributed by atoms with Crippen molar-refractivity contribution in [3.05, 3.63) is 94.2 Å². The lowest BCUT2D eigenvalue weighted by Gasteiger charge is -2.31. The fraction of sp³-hybridized carbons (Fsp3) is 0.312. The van der Waals surface area contributed by atoms with Gasteiger partial charge in [0.25, 0.3) is 15.7 Å². The van der Waals surface area contributed by atoms with Crippen LogP contribution in [0.4, 0.5) is 5.69 Å². The average molecular weight is 667 g/mol. The molecule has 1 saturated heterocycles. The molecule has 0 N–H and O–H groups in total. The minimum absolute atomic E-state index is 0.00311. The highest BCUT2D eigenvalue weighted by Gasteiger charge is 2.30. The summed E-state index contributed by atoms with van der Waals surface area (Å²) in [5, 5.41) is 11.9. The molecule has 2 aromatic heterocycles. The predicted octanol–water partition coefficient (Wildman–Crippen LogP) is 4.82. The van der Waals surface area contributed by atoms with Crippen LogP contribution in [-0.4, -0.2) is 72.8 Å². The van der Waals surface area contributed by atoms with Crippen molar-refractivity contribution in [3.8, 4) is 11.3 Å². The molecule has 0 amide bonds. The number of allylic oxidation sites excluding steroid dienone is 1. The Morgan fingerprint density at radius 1 is 1.07 bits per heavy atom. The molecular formula is C32H34N4O8S2. The molecule has 46 heavy (non-hydrogen) atoms. The van der Waals surface area contributed by atoms with Gasteiger partial charge in [-0.1, -0.05) is 42.5 Å². The lowest BCUT2D eigenvalue weighted by atomic mass is 10.0. The van der Waals surface area contributed by atoms with Gasteiger partial charge in [0.15, 0.2) is 5.65 Å². The maximum atomic E-state index is 14.1. The van der Waals surface area contributed by atoms with E-state index in [1.54, 1.807) is 43.3 Å². The first kappa shape index (κ1) is 33.0. The molecule has 12 nitrogen and oxygen atoms in total. The Kier molecular flexibility index (Phi) is 9.42. The molecule has 2 aromatic carbocycles. The molecule has 3 heterocycles. The van der Waals surface area contributed by atoms with Gasteiger partial charge in [-0.3, -0.25) is 15.0 Å². The Labute approximate surface area is 267 Å². The number of aromatic nitrogens is 2. The van der Waals surface area contributed by atoms with Crippen molar-refractivity contribution >= 4 is 48.1 Å². The quantitative estimate of drug-likeness (QED) is 0.0994. The SMILES string of the molecule is CCOC(=O)/C=C(\C)c1c([N+](=O)[O-])cnc2c1cc(-c1ccc(CN3CCC(S(C)(=O)=O)CC3)cc1)n2S(=O)(=O)c1ccccc1. The van der Waals surface area contributed by atoms with E-state index >= 15 is 0 Å². The van der Waals surface area contributed by atoms with Gasteiger partial charge in [0.05, 0.1) is 32.9 Å². The molecule has 0 aliphatic carbocycles. The second kappa shape index (κ2) is 13.1. The van der Waals surface area contributed by atoms with E-state index in [2.05, 4.69) is 9.88 Å². The Balaban J connectivity index is 1.62. The molecule has 242 valence electrons. The summed E-state index contributed by atoms with van der Waals surface area (Å²) in [4.78, 5) is 30.2. The number of likely N-dealkylation sites (tertiary alicyclic amines) is 1. The van der Waals surface area contributed by atoms with E-state index in [1.165, 1.54) is 25.3 Å². The summed E-state index contributed by atoms with van der Waals surface area (Å²) in [6.07, 6.45) is 4.55. The average Bonchev–Trinajstić information content (AvgIpc) is 3.42. The summed E-state index contributed by atoms with van der Waals surface area (Å²) >= 11 is 0. The predicted molar refractivity (Wildman–Crippen MR) is 174 cm³/mol. The molecule has 0 bridgehead atoms. The van der Waals surface area contributed by atoms with Crippen molar-refractivity contribution in [2.75, 3.05) is 26.0 Å². The Morgan fingerprint density at radius 3 is 2.30 bits per heavy atom. The number of hydrogen-bond acceptors (Lipinski definition) is 10. The maximum Gasteiger partial charge on any atom is 0.331 e. The smallest absolute Gasteiger partial charge is 0.331 e. The van der Waals surface area contributed by atoms with Crippen molar-refractivity contribution in [2.45, 2.75) is 43.4 Å². The summed E-state index contributed by atoms with van der Waals surface area (Å²) in [7, 11) is -7.32. The highest BCUT2D eigenvalue weighted by atomic mass is 32.2. The van der Waals surface area contributed by atoms with Gasteiger partial charge in [0.2, 0.25) is 0 Å². The zero-order chi connectivity index (χ0) is 33.2. The number of esters is 1. The number of rotatable bonds is 10. The van der Waals surface area contributed by atoms with E-state index in [4.69, 9.17) is 4.74 Å². The van der Waals surface area contributed by atoms with Crippen molar-refractivity contribution < 1.29 is 31.3 Å². The minimum Gasteiger partial charge on any atom is -0.463 e. The van der Waals surface area contributed by atoms with Crippen LogP contribution in [0, 0.1) is 10.1 Å². The maximum absolute atomic E-state index is 14.1. The normalized spacial score (nSPS) is 15.2. The standard InChI is InChI=1S/C32H34N4O8S2/c1-4-44-30(37)18-22(2)31-27-19-28(24-12-10-23(11-13-24)21-34-16-14-25(15-17-34)45(3,40)41)35(32(27)33-20-29(31)36(38)39)46(42,43)26-8-6-5-7-9-26/h5-13,18-20,25H,4,14-17,21H2,1-3H3/b22-18+. The van der Waals surface area contributed by atoms with E-state index < -0.39 is 30.8 Å². The summed E-state index contributed by atoms with van der Waals surface area (Å²) in [6.45, 7) is 5.17. The highest BCUT2D eigenvalue weighted by molar-refractivity contribution is 7.91. The topological polar surface area (TPSA) is 159 Å². The van der Waals surface area contributed by atoms with Gasteiger partial charge in [0.1, 0.15) is 16.0 Å². The van der Waals surface area contributed by atoms with Crippen LogP contribution in [0.5, 0.6) is 0 Å². The van der Waals surface area contributed by atoms with Gasteiger partial charge >= 0.3 is 5.97 Å². The molecule has 4 aromatic rings. The van der Waals surface area contributed by atoms with Crippen molar-refractivity contribution in [1.82, 2.24) is 13.9 Å². The number of benzene rings is 2. The third-order valence-corrected chi connectivity index (χ3v) is 11.5. The van der Waals surface area contributed by atoms with E-state index in [9.17, 15) is 31.7 Å². The number of ether oxygens (including phenoxy) is 1. The van der Waals surface area contributed by atoms with Gasteiger partial charge in [-0.25, -0.2) is 30.6 Å². The van der Waals surface area contributed by atoms with E-state index in [0.29, 0.717) is 38.0 Å². The molecule has 1 aliphatic rings. The van der Waals surface area contributed by atoms with E-state index in [-0.39, 0.29) is 50.3 Å². The van der Waals surface area contributed by atoms with Crippen molar-refractivity contribution in [1.29, 1.82) is 0 Å². The number of nitrogens with zero attached hydrogens (tertiary/aromatic N) is 4. The van der Waals surface area contributed by atoms with Gasteiger partial charge in [-0.15, -0.1) is 0 Å². The van der Waals surface area contributed by atoms with Crippen molar-refractivity contribution in [2.24, 2.45) is 0 Å². The number of carbonyl (C=O) groups is 1. The van der Waals surface area contributed by atoms with Gasteiger partial charge in [-0.2, -0.15) is 0 Å². The zero-order valence-corrected chi connectivity index (χ0v) is 27.3. The van der Waals surface area contributed by atoms with Gasteiger partial charge in [-0.05, 0) is 74.7 Å². The van der Waals surface area contributed by atoms with Crippen LogP contribution in [0.2, 0.25) is 0 Å². The second-order valence-corrected chi connectivity index (χ2v) is 15.3. The first-order chi connectivity index (χ1) is 21.8. The second-order valence-electron chi connectivity index (χ2n) is 11.2. The fourth-order valence-electron chi connectivity index (χ4n) is 5.78. The fourth-order valence-corrected chi connectivity index (χ4v) is 8.35. The molecule has 14 heteroatoms. The summed E-state index contributed by atoms with van der Waals surface area (Å²) in [6, 6.07) is 16.6. The highest BCUT2D eigenvalue weighted by Crippen LogP contribution is 2.39. The Morgan fingerprint density at radius 2 is 1.72 bits per heavy atom. The monoisotopic (exact) mass is 666 g/mol. The van der Waals surface area contributed by atoms with Crippen molar-refractivity contribution in [3.63, 3.8) is 0 Å². The van der Waals surface area contributed by atoms with E-state index in [0.717, 1.165) is 21.8 Å². The van der Waals surface area contributed by atoms with Gasteiger partial charge in [0, 0.05) is 24.3 Å². The third kappa shape index (κ3) is 6.73. The third-order valence-electron chi connectivity index (χ3n) is 8.06. The van der Waals surface area contributed by atoms with Crippen LogP contribution in [0.25, 0.3) is 27.9 Å². The van der Waals surface area contributed by atoms with Crippen LogP contribution in [0.1, 0.15) is 37.8 Å². The van der Waals surface area contributed by atoms with Crippen LogP contribution in [-0.2, 0) is 35.9 Å². The number of hydrogen-bond donors (Lipinski definition) is 0. The molecule has 0 saturated carbocycles. The Bertz CT molecular complexity index is 2030. The zero-order valence-electron chi connectivity index (χ0n) is 25.6. The van der Waals surface area contributed by atoms with Crippen LogP contribution < -0.4 is 0 Å². The largest absolute Gasteiger partial charge is 0.463 e. The molecule has 1 fully saturated rings. The minimum atomic E-state index is -4.24. The first-order valence-corrected chi connectivity index (χ1v) is 18.1. The van der Waals surface area contributed by atoms with E-state index in [1.807, 2.05) is 12.1 Å². The molecule has 0 atom stereocenters. The van der Waals surface area contributed by atoms with Crippen LogP contribution in [0.15, 0.2) is 77.8 Å². The number of carbonyl (C=O) groups excluding carboxylic acids is 1. The lowest BCUT2D eigenvalue weighted by molar-refractivity contribution is -0.385. The number of nitro groups is 1. The summed E-state index contributed by atoms with van der Waals surface area (Å²) < 4.78 is 58.2. The van der Waals surface area contributed by atoms with Crippen LogP contribution >= 0.6 is 0 Å². The lowest BCUT2D eigenvalue weighted by Crippen LogP contribution is -2.38. The summed E-state index contributed by atoms with van der Waals surface area (Å²) in [5.74, 6) is -0.688. The Hall–Kier alpha value is -4.40. The molecule has 0 radical (unpaired) electrons. The molecule has 5 rings (SSSR count). The number of piperidine rings is 1. The van der Waals surface area contributed by atoms with Gasteiger partial charge < -0.3 is 4.74 Å². The molecule has 1 aliphatic heterocycles. The first-order valence-electron chi connectivity index (χ1n) is 14.7. The molecule has 0 spiro atoms. The number of pyridine rings is 1.